The second kappa shape index (κ2) is 15.5. The molecule has 0 spiro atoms. The molecule has 272 valence electrons. The number of fused-ring (bicyclic) bond motifs is 1. The zero-order valence-corrected chi connectivity index (χ0v) is 29.9. The highest BCUT2D eigenvalue weighted by Gasteiger charge is 2.47. The number of anilines is 2. The molecule has 11 nitrogen and oxygen atoms in total. The first-order valence-corrected chi connectivity index (χ1v) is 17.8. The highest BCUT2D eigenvalue weighted by atomic mass is 35.5. The topological polar surface area (TPSA) is 145 Å². The van der Waals surface area contributed by atoms with Crippen LogP contribution in [-0.2, 0) is 14.2 Å². The lowest BCUT2D eigenvalue weighted by Crippen LogP contribution is -2.42. The molecule has 0 radical (unpaired) electrons. The van der Waals surface area contributed by atoms with Gasteiger partial charge in [-0.25, -0.2) is 9.37 Å². The van der Waals surface area contributed by atoms with Crippen molar-refractivity contribution in [1.82, 2.24) is 14.8 Å². The van der Waals surface area contributed by atoms with Crippen LogP contribution in [0.5, 0.6) is 5.88 Å². The van der Waals surface area contributed by atoms with E-state index >= 15 is 4.39 Å². The van der Waals surface area contributed by atoms with Crippen molar-refractivity contribution in [3.8, 4) is 17.1 Å². The van der Waals surface area contributed by atoms with Crippen molar-refractivity contribution in [1.29, 1.82) is 5.41 Å². The minimum absolute atomic E-state index is 0.0147. The first kappa shape index (κ1) is 36.4. The van der Waals surface area contributed by atoms with E-state index in [9.17, 15) is 4.39 Å². The molecular weight excluding hydrogens is 668 g/mol. The Morgan fingerprint density at radius 3 is 2.56 bits per heavy atom. The quantitative estimate of drug-likeness (QED) is 0.138. The summed E-state index contributed by atoms with van der Waals surface area (Å²) in [5.74, 6) is -1.76. The van der Waals surface area contributed by atoms with Crippen molar-refractivity contribution in [2.45, 2.75) is 56.9 Å². The number of nitrogen functional groups attached to an aromatic ring is 2. The average Bonchev–Trinajstić information content (AvgIpc) is 3.80. The van der Waals surface area contributed by atoms with Crippen molar-refractivity contribution in [3.63, 3.8) is 0 Å². The first-order chi connectivity index (χ1) is 24.1. The molecule has 4 aliphatic heterocycles. The zero-order chi connectivity index (χ0) is 35.6. The lowest BCUT2D eigenvalue weighted by Gasteiger charge is -2.31. The maximum atomic E-state index is 16.0. The molecule has 1 aromatic carbocycles. The van der Waals surface area contributed by atoms with Gasteiger partial charge in [-0.3, -0.25) is 15.3 Å². The minimum Gasteiger partial charge on any atom is -0.480 e. The number of rotatable bonds is 8. The SMILES string of the molecule is CCOCC12CCCN1CC(=C1COC1)C2.CN=C(c1c(OC)nc(-c2c(C(=N)F)c(N)cc(Cl)c2C2CC2)c(F)c1N)N1CCCOCC1. The van der Waals surface area contributed by atoms with Crippen LogP contribution >= 0.6 is 11.6 Å². The fourth-order valence-corrected chi connectivity index (χ4v) is 8.04. The molecule has 2 aromatic rings. The fraction of sp³-hybridized carbons (Fsp3) is 0.583. The summed E-state index contributed by atoms with van der Waals surface area (Å²) >= 11 is 6.46. The Hall–Kier alpha value is -3.36. The second-order valence-electron chi connectivity index (χ2n) is 13.5. The van der Waals surface area contributed by atoms with E-state index in [1.807, 2.05) is 4.90 Å². The summed E-state index contributed by atoms with van der Waals surface area (Å²) in [5.41, 5.74) is 15.8. The van der Waals surface area contributed by atoms with E-state index in [2.05, 4.69) is 21.8 Å². The number of aromatic nitrogens is 1. The largest absolute Gasteiger partial charge is 0.480 e. The van der Waals surface area contributed by atoms with E-state index in [0.717, 1.165) is 45.7 Å². The van der Waals surface area contributed by atoms with Crippen LogP contribution in [0.4, 0.5) is 20.2 Å². The number of pyridine rings is 1. The van der Waals surface area contributed by atoms with Gasteiger partial charge in [-0.1, -0.05) is 17.2 Å². The van der Waals surface area contributed by atoms with Gasteiger partial charge < -0.3 is 35.3 Å². The highest BCUT2D eigenvalue weighted by molar-refractivity contribution is 6.32. The van der Waals surface area contributed by atoms with Crippen LogP contribution in [0.2, 0.25) is 5.02 Å². The standard InChI is InChI=1S/C23H27ClF2N6O2.C13H21NO2/c1-30-22(32-6-3-8-34-9-7-32)17-19(28)18(25)20(31-23(17)33-2)16-14(11-4-5-11)12(24)10-13(27)15(16)21(26)29;1-2-15-10-13-4-3-5-14(13)7-11(6-13)12-8-16-9-12/h10-11,29H,3-9,27H2,1-2H3,(H2,28,31);2-10H2,1H3. The van der Waals surface area contributed by atoms with Gasteiger partial charge in [-0.2, -0.15) is 4.39 Å². The van der Waals surface area contributed by atoms with Crippen molar-refractivity contribution < 1.29 is 27.7 Å². The van der Waals surface area contributed by atoms with Crippen LogP contribution in [-0.4, -0.2) is 112 Å². The number of nitrogens with zero attached hydrogens (tertiary/aromatic N) is 4. The Morgan fingerprint density at radius 2 is 1.92 bits per heavy atom. The number of halogens is 3. The summed E-state index contributed by atoms with van der Waals surface area (Å²) in [6.07, 6.45) is 6.24. The summed E-state index contributed by atoms with van der Waals surface area (Å²) in [7, 11) is 2.97. The van der Waals surface area contributed by atoms with Crippen LogP contribution in [0.15, 0.2) is 22.2 Å². The van der Waals surface area contributed by atoms with Gasteiger partial charge >= 0.3 is 0 Å². The number of ether oxygens (including phenoxy) is 4. The third kappa shape index (κ3) is 7.07. The predicted molar refractivity (Wildman–Crippen MR) is 192 cm³/mol. The molecule has 1 aromatic heterocycles. The van der Waals surface area contributed by atoms with Gasteiger partial charge in [-0.05, 0) is 75.1 Å². The number of nitrogens with one attached hydrogen (secondary N) is 1. The van der Waals surface area contributed by atoms with E-state index in [-0.39, 0.29) is 50.6 Å². The molecule has 7 rings (SSSR count). The molecule has 5 fully saturated rings. The molecule has 5 heterocycles. The maximum Gasteiger partial charge on any atom is 0.227 e. The zero-order valence-electron chi connectivity index (χ0n) is 29.2. The van der Waals surface area contributed by atoms with E-state index in [0.29, 0.717) is 43.2 Å². The molecule has 1 aliphatic carbocycles. The molecule has 14 heteroatoms. The number of nitrogens with two attached hydrogens (primary N) is 2. The normalized spacial score (nSPS) is 22.5. The predicted octanol–water partition coefficient (Wildman–Crippen LogP) is 5.57. The monoisotopic (exact) mass is 715 g/mol. The van der Waals surface area contributed by atoms with E-state index in [4.69, 9.17) is 47.4 Å². The summed E-state index contributed by atoms with van der Waals surface area (Å²) < 4.78 is 52.4. The van der Waals surface area contributed by atoms with Gasteiger partial charge in [-0.15, -0.1) is 0 Å². The summed E-state index contributed by atoms with van der Waals surface area (Å²) in [6.45, 7) is 10.3. The molecule has 1 atom stereocenters. The molecule has 0 amide bonds. The number of aliphatic imine (C=N–C) groups is 1. The lowest BCUT2D eigenvalue weighted by molar-refractivity contribution is 0.0418. The molecule has 5 aliphatic rings. The molecule has 1 unspecified atom stereocenters. The lowest BCUT2D eigenvalue weighted by atomic mass is 9.91. The van der Waals surface area contributed by atoms with Gasteiger partial charge in [0.1, 0.15) is 17.1 Å². The Balaban J connectivity index is 0.000000223. The molecular formula is C36H48ClF2N7O4. The average molecular weight is 716 g/mol. The van der Waals surface area contributed by atoms with Crippen LogP contribution in [0.25, 0.3) is 11.3 Å². The second-order valence-corrected chi connectivity index (χ2v) is 13.9. The van der Waals surface area contributed by atoms with Gasteiger partial charge in [0.25, 0.3) is 0 Å². The third-order valence-corrected chi connectivity index (χ3v) is 10.7. The number of hydrogen-bond acceptors (Lipinski definition) is 10. The summed E-state index contributed by atoms with van der Waals surface area (Å²) in [5, 5.41) is 7.94. The number of methoxy groups -OCH3 is 1. The van der Waals surface area contributed by atoms with Crippen molar-refractivity contribution >= 4 is 34.8 Å². The van der Waals surface area contributed by atoms with Gasteiger partial charge in [0.15, 0.2) is 5.82 Å². The molecule has 50 heavy (non-hydrogen) atoms. The smallest absolute Gasteiger partial charge is 0.227 e. The van der Waals surface area contributed by atoms with E-state index < -0.39 is 11.8 Å². The van der Waals surface area contributed by atoms with Crippen molar-refractivity contribution in [2.75, 3.05) is 91.4 Å². The third-order valence-electron chi connectivity index (χ3n) is 10.4. The molecule has 4 saturated heterocycles. The highest BCUT2D eigenvalue weighted by Crippen LogP contribution is 2.51. The van der Waals surface area contributed by atoms with Crippen LogP contribution < -0.4 is 16.2 Å². The van der Waals surface area contributed by atoms with Crippen molar-refractivity contribution in [3.05, 3.63) is 44.7 Å². The Morgan fingerprint density at radius 1 is 1.14 bits per heavy atom. The van der Waals surface area contributed by atoms with Crippen LogP contribution in [0.3, 0.4) is 0 Å². The maximum absolute atomic E-state index is 16.0. The first-order valence-electron chi connectivity index (χ1n) is 17.4. The molecule has 0 bridgehead atoms. The summed E-state index contributed by atoms with van der Waals surface area (Å²) in [4.78, 5) is 13.3. The van der Waals surface area contributed by atoms with Gasteiger partial charge in [0.2, 0.25) is 11.8 Å². The molecule has 5 N–H and O–H groups in total. The Kier molecular flexibility index (Phi) is 11.3. The Bertz CT molecular complexity index is 1670. The Labute approximate surface area is 297 Å². The van der Waals surface area contributed by atoms with Gasteiger partial charge in [0.05, 0.1) is 44.8 Å². The van der Waals surface area contributed by atoms with E-state index in [1.165, 1.54) is 45.5 Å². The number of amidine groups is 1. The summed E-state index contributed by atoms with van der Waals surface area (Å²) in [6, 6.07) is 1.39. The van der Waals surface area contributed by atoms with E-state index in [1.54, 1.807) is 18.2 Å². The minimum atomic E-state index is -1.31. The van der Waals surface area contributed by atoms with Crippen molar-refractivity contribution in [2.24, 2.45) is 4.99 Å². The number of hydrogen-bond donors (Lipinski definition) is 3. The van der Waals surface area contributed by atoms with Crippen LogP contribution in [0.1, 0.15) is 68.1 Å². The van der Waals surface area contributed by atoms with Crippen LogP contribution in [0, 0.1) is 11.2 Å². The molecule has 1 saturated carbocycles. The van der Waals surface area contributed by atoms with Gasteiger partial charge in [0, 0.05) is 61.7 Å². The number of benzene rings is 1. The fourth-order valence-electron chi connectivity index (χ4n) is 7.67.